The van der Waals surface area contributed by atoms with E-state index in [0.717, 1.165) is 44.6 Å². The Labute approximate surface area is 207 Å². The first-order valence-electron chi connectivity index (χ1n) is 13.1. The predicted molar refractivity (Wildman–Crippen MR) is 134 cm³/mol. The van der Waals surface area contributed by atoms with Crippen molar-refractivity contribution in [1.82, 2.24) is 9.88 Å². The molecule has 2 N–H and O–H groups in total. The summed E-state index contributed by atoms with van der Waals surface area (Å²) in [5, 5.41) is 21.2. The zero-order chi connectivity index (χ0) is 24.8. The van der Waals surface area contributed by atoms with E-state index >= 15 is 0 Å². The highest BCUT2D eigenvalue weighted by Crippen LogP contribution is 2.42. The third kappa shape index (κ3) is 6.50. The Morgan fingerprint density at radius 3 is 2.69 bits per heavy atom. The Morgan fingerprint density at radius 1 is 1.26 bits per heavy atom. The molecule has 1 aliphatic carbocycles. The SMILES string of the molecule is COc1ccc2ncc(F)c(C(O)CCC3(CC(=O)O)CCN(CCC4CCCCC4)CC3)c2c1. The molecule has 6 nitrogen and oxygen atoms in total. The van der Waals surface area contributed by atoms with Gasteiger partial charge in [0.2, 0.25) is 0 Å². The number of aliphatic hydroxyl groups excluding tert-OH is 1. The van der Waals surface area contributed by atoms with Crippen LogP contribution in [-0.4, -0.2) is 52.8 Å². The van der Waals surface area contributed by atoms with Crippen LogP contribution in [0.4, 0.5) is 4.39 Å². The quantitative estimate of drug-likeness (QED) is 0.447. The van der Waals surface area contributed by atoms with Crippen LogP contribution in [0.5, 0.6) is 5.75 Å². The second-order valence-electron chi connectivity index (χ2n) is 10.7. The molecule has 0 spiro atoms. The van der Waals surface area contributed by atoms with Crippen LogP contribution in [0.2, 0.25) is 0 Å². The third-order valence-electron chi connectivity index (χ3n) is 8.37. The molecule has 4 rings (SSSR count). The van der Waals surface area contributed by atoms with Crippen molar-refractivity contribution in [2.24, 2.45) is 11.3 Å². The van der Waals surface area contributed by atoms with Crippen LogP contribution >= 0.6 is 0 Å². The van der Waals surface area contributed by atoms with Crippen molar-refractivity contribution in [3.63, 3.8) is 0 Å². The lowest BCUT2D eigenvalue weighted by atomic mass is 9.71. The van der Waals surface area contributed by atoms with Gasteiger partial charge in [-0.3, -0.25) is 9.78 Å². The molecule has 1 saturated heterocycles. The fraction of sp³-hybridized carbons (Fsp3) is 0.643. The van der Waals surface area contributed by atoms with Gasteiger partial charge in [0, 0.05) is 10.9 Å². The summed E-state index contributed by atoms with van der Waals surface area (Å²) in [5.74, 6) is 0.0538. The topological polar surface area (TPSA) is 82.9 Å². The van der Waals surface area contributed by atoms with Crippen molar-refractivity contribution in [2.75, 3.05) is 26.7 Å². The maximum absolute atomic E-state index is 14.8. The molecule has 1 saturated carbocycles. The van der Waals surface area contributed by atoms with E-state index in [9.17, 15) is 19.4 Å². The fourth-order valence-corrected chi connectivity index (χ4v) is 6.15. The minimum Gasteiger partial charge on any atom is -0.497 e. The minimum absolute atomic E-state index is 0.0869. The number of rotatable bonds is 10. The van der Waals surface area contributed by atoms with Crippen LogP contribution in [0.15, 0.2) is 24.4 Å². The maximum atomic E-state index is 14.8. The summed E-state index contributed by atoms with van der Waals surface area (Å²) in [6.07, 6.45) is 10.7. The Balaban J connectivity index is 1.40. The second kappa shape index (κ2) is 11.7. The number of pyridine rings is 1. The van der Waals surface area contributed by atoms with Crippen molar-refractivity contribution < 1.29 is 24.1 Å². The first kappa shape index (κ1) is 25.8. The first-order valence-corrected chi connectivity index (χ1v) is 13.1. The summed E-state index contributed by atoms with van der Waals surface area (Å²) in [4.78, 5) is 18.4. The largest absolute Gasteiger partial charge is 0.497 e. The molecule has 1 unspecified atom stereocenters. The van der Waals surface area contributed by atoms with Gasteiger partial charge < -0.3 is 19.8 Å². The highest BCUT2D eigenvalue weighted by molar-refractivity contribution is 5.84. The summed E-state index contributed by atoms with van der Waals surface area (Å²) in [7, 11) is 1.54. The Bertz CT molecular complexity index is 1000. The molecular weight excluding hydrogens is 447 g/mol. The number of nitrogens with zero attached hydrogens (tertiary/aromatic N) is 2. The Morgan fingerprint density at radius 2 is 2.00 bits per heavy atom. The van der Waals surface area contributed by atoms with E-state index in [0.29, 0.717) is 29.5 Å². The zero-order valence-electron chi connectivity index (χ0n) is 20.8. The van der Waals surface area contributed by atoms with Gasteiger partial charge in [-0.15, -0.1) is 0 Å². The Hall–Kier alpha value is -2.25. The summed E-state index contributed by atoms with van der Waals surface area (Å²) >= 11 is 0. The van der Waals surface area contributed by atoms with Gasteiger partial charge in [0.25, 0.3) is 0 Å². The van der Waals surface area contributed by atoms with Gasteiger partial charge in [-0.1, -0.05) is 32.1 Å². The monoisotopic (exact) mass is 486 g/mol. The molecule has 2 fully saturated rings. The lowest BCUT2D eigenvalue weighted by molar-refractivity contribution is -0.141. The summed E-state index contributed by atoms with van der Waals surface area (Å²) < 4.78 is 20.1. The van der Waals surface area contributed by atoms with E-state index in [1.807, 2.05) is 0 Å². The molecule has 1 aliphatic heterocycles. The molecule has 1 aromatic carbocycles. The number of piperidine rings is 1. The van der Waals surface area contributed by atoms with Crippen LogP contribution in [0.3, 0.4) is 0 Å². The molecular formula is C28H39FN2O4. The van der Waals surface area contributed by atoms with E-state index in [-0.39, 0.29) is 17.4 Å². The van der Waals surface area contributed by atoms with E-state index in [1.54, 1.807) is 25.3 Å². The van der Waals surface area contributed by atoms with Gasteiger partial charge in [0.05, 0.1) is 31.3 Å². The number of benzene rings is 1. The van der Waals surface area contributed by atoms with Crippen molar-refractivity contribution in [2.45, 2.75) is 76.7 Å². The average Bonchev–Trinajstić information content (AvgIpc) is 2.87. The molecule has 7 heteroatoms. The lowest BCUT2D eigenvalue weighted by Gasteiger charge is -2.42. The van der Waals surface area contributed by atoms with Crippen LogP contribution in [-0.2, 0) is 4.79 Å². The van der Waals surface area contributed by atoms with Gasteiger partial charge in [0.1, 0.15) is 11.6 Å². The molecule has 2 aliphatic rings. The number of fused-ring (bicyclic) bond motifs is 1. The summed E-state index contributed by atoms with van der Waals surface area (Å²) in [6, 6.07) is 5.20. The normalized spacial score (nSPS) is 20.1. The number of aromatic nitrogens is 1. The lowest BCUT2D eigenvalue weighted by Crippen LogP contribution is -2.42. The van der Waals surface area contributed by atoms with Crippen molar-refractivity contribution >= 4 is 16.9 Å². The number of carboxylic acid groups (broad SMARTS) is 1. The second-order valence-corrected chi connectivity index (χ2v) is 10.7. The van der Waals surface area contributed by atoms with E-state index in [1.165, 1.54) is 38.5 Å². The number of hydrogen-bond acceptors (Lipinski definition) is 5. The third-order valence-corrected chi connectivity index (χ3v) is 8.37. The number of likely N-dealkylation sites (tertiary alicyclic amines) is 1. The van der Waals surface area contributed by atoms with Crippen LogP contribution < -0.4 is 4.74 Å². The van der Waals surface area contributed by atoms with Gasteiger partial charge in [-0.05, 0) is 81.3 Å². The van der Waals surface area contributed by atoms with Crippen molar-refractivity contribution in [3.8, 4) is 5.75 Å². The van der Waals surface area contributed by atoms with Gasteiger partial charge in [-0.2, -0.15) is 0 Å². The highest BCUT2D eigenvalue weighted by Gasteiger charge is 2.37. The number of halogens is 1. The number of aliphatic hydroxyl groups is 1. The highest BCUT2D eigenvalue weighted by atomic mass is 19.1. The number of hydrogen-bond donors (Lipinski definition) is 2. The standard InChI is InChI=1S/C28H39FN2O4/c1-35-21-7-8-24-22(17-21)27(23(29)19-30-24)25(32)9-11-28(18-26(33)34)12-15-31(16-13-28)14-10-20-5-3-2-4-6-20/h7-8,17,19-20,25,32H,2-6,9-16,18H2,1H3,(H,33,34). The molecule has 0 radical (unpaired) electrons. The van der Waals surface area contributed by atoms with E-state index < -0.39 is 17.9 Å². The molecule has 2 aromatic rings. The number of carbonyl (C=O) groups is 1. The number of methoxy groups -OCH3 is 1. The fourth-order valence-electron chi connectivity index (χ4n) is 6.15. The summed E-state index contributed by atoms with van der Waals surface area (Å²) in [5.41, 5.74) is 0.433. The van der Waals surface area contributed by atoms with E-state index in [2.05, 4.69) is 9.88 Å². The molecule has 1 atom stereocenters. The molecule has 192 valence electrons. The number of carboxylic acids is 1. The number of aliphatic carboxylic acids is 1. The Kier molecular flexibility index (Phi) is 8.60. The van der Waals surface area contributed by atoms with Gasteiger partial charge in [-0.25, -0.2) is 4.39 Å². The van der Waals surface area contributed by atoms with Crippen molar-refractivity contribution in [1.29, 1.82) is 0 Å². The maximum Gasteiger partial charge on any atom is 0.303 e. The van der Waals surface area contributed by atoms with Crippen LogP contribution in [0, 0.1) is 17.2 Å². The zero-order valence-corrected chi connectivity index (χ0v) is 20.8. The van der Waals surface area contributed by atoms with Gasteiger partial charge >= 0.3 is 5.97 Å². The molecule has 35 heavy (non-hydrogen) atoms. The van der Waals surface area contributed by atoms with Crippen LogP contribution in [0.1, 0.15) is 82.3 Å². The molecule has 0 bridgehead atoms. The smallest absolute Gasteiger partial charge is 0.303 e. The predicted octanol–water partition coefficient (Wildman–Crippen LogP) is 5.72. The number of ether oxygens (including phenoxy) is 1. The molecule has 0 amide bonds. The summed E-state index contributed by atoms with van der Waals surface area (Å²) in [6.45, 7) is 2.87. The van der Waals surface area contributed by atoms with Crippen LogP contribution in [0.25, 0.3) is 10.9 Å². The minimum atomic E-state index is -1.04. The van der Waals surface area contributed by atoms with Gasteiger partial charge in [0.15, 0.2) is 0 Å². The van der Waals surface area contributed by atoms with E-state index in [4.69, 9.17) is 4.74 Å². The molecule has 2 heterocycles. The average molecular weight is 487 g/mol. The molecule has 1 aromatic heterocycles. The van der Waals surface area contributed by atoms with Crippen molar-refractivity contribution in [3.05, 3.63) is 35.8 Å². The first-order chi connectivity index (χ1) is 16.9.